The molecule has 0 bridgehead atoms. The van der Waals surface area contributed by atoms with Crippen molar-refractivity contribution in [3.8, 4) is 0 Å². The van der Waals surface area contributed by atoms with E-state index in [4.69, 9.17) is 4.74 Å². The van der Waals surface area contributed by atoms with Crippen molar-refractivity contribution in [2.45, 2.75) is 32.4 Å². The first kappa shape index (κ1) is 21.2. The zero-order chi connectivity index (χ0) is 19.3. The maximum absolute atomic E-state index is 11.7. The summed E-state index contributed by atoms with van der Waals surface area (Å²) < 4.78 is 4.90. The maximum Gasteiger partial charge on any atom is 0.239 e. The summed E-state index contributed by atoms with van der Waals surface area (Å²) in [6.07, 6.45) is 4.00. The van der Waals surface area contributed by atoms with Gasteiger partial charge in [0, 0.05) is 33.8 Å². The SMILES string of the molecule is CN=C(NCC(=O)NCCOC)NCc1ccc(CN2CCCCC2)cc1. The molecule has 0 saturated carbocycles. The number of benzene rings is 1. The van der Waals surface area contributed by atoms with Crippen molar-refractivity contribution in [2.24, 2.45) is 4.99 Å². The Morgan fingerprint density at radius 1 is 1.07 bits per heavy atom. The molecule has 2 rings (SSSR count). The Morgan fingerprint density at radius 3 is 2.44 bits per heavy atom. The Hall–Kier alpha value is -2.12. The molecular formula is C20H33N5O2. The van der Waals surface area contributed by atoms with E-state index in [0.717, 1.165) is 6.54 Å². The Balaban J connectivity index is 1.70. The third-order valence-corrected chi connectivity index (χ3v) is 4.61. The van der Waals surface area contributed by atoms with Crippen LogP contribution in [-0.2, 0) is 22.6 Å². The Morgan fingerprint density at radius 2 is 1.78 bits per heavy atom. The monoisotopic (exact) mass is 375 g/mol. The fourth-order valence-corrected chi connectivity index (χ4v) is 3.06. The standard InChI is InChI=1S/C20H33N5O2/c1-21-20(24-15-19(26)22-10-13-27-2)23-14-17-6-8-18(9-7-17)16-25-11-4-3-5-12-25/h6-9H,3-5,10-16H2,1-2H3,(H,22,26)(H2,21,23,24). The Bertz CT molecular complexity index is 583. The quantitative estimate of drug-likeness (QED) is 0.342. The first-order chi connectivity index (χ1) is 13.2. The van der Waals surface area contributed by atoms with Gasteiger partial charge in [-0.15, -0.1) is 0 Å². The molecule has 0 unspecified atom stereocenters. The zero-order valence-corrected chi connectivity index (χ0v) is 16.6. The third-order valence-electron chi connectivity index (χ3n) is 4.61. The predicted octanol–water partition coefficient (Wildman–Crippen LogP) is 1.10. The average Bonchev–Trinajstić information content (AvgIpc) is 2.70. The smallest absolute Gasteiger partial charge is 0.239 e. The van der Waals surface area contributed by atoms with Gasteiger partial charge in [-0.2, -0.15) is 0 Å². The minimum absolute atomic E-state index is 0.0861. The highest BCUT2D eigenvalue weighted by Gasteiger charge is 2.10. The van der Waals surface area contributed by atoms with Gasteiger partial charge in [0.1, 0.15) is 0 Å². The van der Waals surface area contributed by atoms with Crippen LogP contribution >= 0.6 is 0 Å². The molecule has 0 aliphatic carbocycles. The number of aliphatic imine (C=N–C) groups is 1. The lowest BCUT2D eigenvalue weighted by Gasteiger charge is -2.26. The normalized spacial score (nSPS) is 15.4. The van der Waals surface area contributed by atoms with Crippen molar-refractivity contribution >= 4 is 11.9 Å². The van der Waals surface area contributed by atoms with Gasteiger partial charge in [-0.05, 0) is 37.1 Å². The van der Waals surface area contributed by atoms with E-state index in [1.807, 2.05) is 0 Å². The summed E-state index contributed by atoms with van der Waals surface area (Å²) in [6, 6.07) is 8.70. The number of ether oxygens (including phenoxy) is 1. The molecule has 0 spiro atoms. The van der Waals surface area contributed by atoms with E-state index < -0.39 is 0 Å². The second kappa shape index (κ2) is 12.3. The highest BCUT2D eigenvalue weighted by atomic mass is 16.5. The number of carbonyl (C=O) groups excluding carboxylic acids is 1. The molecule has 7 nitrogen and oxygen atoms in total. The number of nitrogens with one attached hydrogen (secondary N) is 3. The van der Waals surface area contributed by atoms with Gasteiger partial charge in [0.25, 0.3) is 0 Å². The van der Waals surface area contributed by atoms with E-state index in [0.29, 0.717) is 25.7 Å². The Kier molecular flexibility index (Phi) is 9.65. The second-order valence-corrected chi connectivity index (χ2v) is 6.78. The van der Waals surface area contributed by atoms with Gasteiger partial charge >= 0.3 is 0 Å². The molecule has 1 fully saturated rings. The van der Waals surface area contributed by atoms with Crippen LogP contribution in [0, 0.1) is 0 Å². The predicted molar refractivity (Wildman–Crippen MR) is 109 cm³/mol. The largest absolute Gasteiger partial charge is 0.383 e. The molecule has 1 aliphatic heterocycles. The summed E-state index contributed by atoms with van der Waals surface area (Å²) in [4.78, 5) is 18.4. The number of carbonyl (C=O) groups is 1. The van der Waals surface area contributed by atoms with Crippen molar-refractivity contribution in [2.75, 3.05) is 46.9 Å². The summed E-state index contributed by atoms with van der Waals surface area (Å²) in [7, 11) is 3.30. The number of hydrogen-bond donors (Lipinski definition) is 3. The van der Waals surface area contributed by atoms with Crippen molar-refractivity contribution in [3.63, 3.8) is 0 Å². The first-order valence-electron chi connectivity index (χ1n) is 9.71. The van der Waals surface area contributed by atoms with Crippen LogP contribution in [0.4, 0.5) is 0 Å². The van der Waals surface area contributed by atoms with Gasteiger partial charge in [0.2, 0.25) is 5.91 Å². The fourth-order valence-electron chi connectivity index (χ4n) is 3.06. The summed E-state index contributed by atoms with van der Waals surface area (Å²) in [5, 5.41) is 9.01. The maximum atomic E-state index is 11.7. The van der Waals surface area contributed by atoms with Crippen molar-refractivity contribution in [3.05, 3.63) is 35.4 Å². The molecule has 1 saturated heterocycles. The van der Waals surface area contributed by atoms with E-state index in [1.165, 1.54) is 43.5 Å². The lowest BCUT2D eigenvalue weighted by atomic mass is 10.1. The molecular weight excluding hydrogens is 342 g/mol. The number of guanidine groups is 1. The molecule has 3 N–H and O–H groups in total. The van der Waals surface area contributed by atoms with Gasteiger partial charge in [-0.3, -0.25) is 14.7 Å². The lowest BCUT2D eigenvalue weighted by molar-refractivity contribution is -0.120. The molecule has 27 heavy (non-hydrogen) atoms. The van der Waals surface area contributed by atoms with Crippen LogP contribution in [0.2, 0.25) is 0 Å². The van der Waals surface area contributed by atoms with E-state index in [1.54, 1.807) is 14.2 Å². The van der Waals surface area contributed by atoms with Gasteiger partial charge in [0.15, 0.2) is 5.96 Å². The molecule has 1 aliphatic rings. The highest BCUT2D eigenvalue weighted by molar-refractivity contribution is 5.86. The van der Waals surface area contributed by atoms with Crippen molar-refractivity contribution in [1.82, 2.24) is 20.9 Å². The highest BCUT2D eigenvalue weighted by Crippen LogP contribution is 2.13. The topological polar surface area (TPSA) is 78.0 Å². The van der Waals surface area contributed by atoms with Crippen LogP contribution in [0.1, 0.15) is 30.4 Å². The second-order valence-electron chi connectivity index (χ2n) is 6.78. The number of likely N-dealkylation sites (tertiary alicyclic amines) is 1. The Labute approximate surface area is 162 Å². The number of hydrogen-bond acceptors (Lipinski definition) is 4. The van der Waals surface area contributed by atoms with Crippen molar-refractivity contribution in [1.29, 1.82) is 0 Å². The van der Waals surface area contributed by atoms with Gasteiger partial charge in [-0.1, -0.05) is 30.7 Å². The number of methoxy groups -OCH3 is 1. The summed E-state index contributed by atoms with van der Waals surface area (Å²) in [6.45, 7) is 5.32. The number of rotatable bonds is 9. The molecule has 0 atom stereocenters. The number of nitrogens with zero attached hydrogens (tertiary/aromatic N) is 2. The molecule has 1 heterocycles. The minimum atomic E-state index is -0.0861. The third kappa shape index (κ3) is 8.41. The molecule has 7 heteroatoms. The molecule has 150 valence electrons. The summed E-state index contributed by atoms with van der Waals surface area (Å²) in [5.41, 5.74) is 2.54. The average molecular weight is 376 g/mol. The molecule has 1 aromatic carbocycles. The zero-order valence-electron chi connectivity index (χ0n) is 16.6. The number of amides is 1. The summed E-state index contributed by atoms with van der Waals surface area (Å²) >= 11 is 0. The number of piperidine rings is 1. The van der Waals surface area contributed by atoms with Crippen LogP contribution in [0.25, 0.3) is 0 Å². The van der Waals surface area contributed by atoms with E-state index >= 15 is 0 Å². The van der Waals surface area contributed by atoms with E-state index in [-0.39, 0.29) is 12.5 Å². The molecule has 1 amide bonds. The van der Waals surface area contributed by atoms with Gasteiger partial charge < -0.3 is 20.7 Å². The lowest BCUT2D eigenvalue weighted by Crippen LogP contribution is -2.43. The van der Waals surface area contributed by atoms with E-state index in [2.05, 4.69) is 50.1 Å². The molecule has 0 aromatic heterocycles. The van der Waals surface area contributed by atoms with Crippen LogP contribution < -0.4 is 16.0 Å². The minimum Gasteiger partial charge on any atom is -0.383 e. The van der Waals surface area contributed by atoms with Crippen LogP contribution in [-0.4, -0.2) is 63.7 Å². The van der Waals surface area contributed by atoms with Crippen LogP contribution in [0.5, 0.6) is 0 Å². The molecule has 0 radical (unpaired) electrons. The van der Waals surface area contributed by atoms with Crippen molar-refractivity contribution < 1.29 is 9.53 Å². The van der Waals surface area contributed by atoms with Gasteiger partial charge in [0.05, 0.1) is 13.2 Å². The molecule has 1 aromatic rings. The van der Waals surface area contributed by atoms with E-state index in [9.17, 15) is 4.79 Å². The first-order valence-corrected chi connectivity index (χ1v) is 9.71. The fraction of sp³-hybridized carbons (Fsp3) is 0.600. The summed E-state index contributed by atoms with van der Waals surface area (Å²) in [5.74, 6) is 0.520. The van der Waals surface area contributed by atoms with Gasteiger partial charge in [-0.25, -0.2) is 0 Å². The van der Waals surface area contributed by atoms with Crippen LogP contribution in [0.15, 0.2) is 29.3 Å². The van der Waals surface area contributed by atoms with Crippen LogP contribution in [0.3, 0.4) is 0 Å².